The highest BCUT2D eigenvalue weighted by Crippen LogP contribution is 2.54. The number of benzene rings is 3. The first-order valence-electron chi connectivity index (χ1n) is 10.7. The summed E-state index contributed by atoms with van der Waals surface area (Å²) in [6, 6.07) is 16.5. The molecule has 2 N–H and O–H groups in total. The van der Waals surface area contributed by atoms with Gasteiger partial charge in [-0.3, -0.25) is 4.79 Å². The molecule has 1 fully saturated rings. The van der Waals surface area contributed by atoms with Gasteiger partial charge >= 0.3 is 0 Å². The molecule has 3 aromatic carbocycles. The molecule has 6 heteroatoms. The van der Waals surface area contributed by atoms with E-state index in [-0.39, 0.29) is 12.1 Å². The molecule has 1 saturated heterocycles. The monoisotopic (exact) mass is 409 g/mol. The Morgan fingerprint density at radius 1 is 1.03 bits per heavy atom. The normalized spacial score (nSPS) is 26.5. The molecule has 0 spiro atoms. The average Bonchev–Trinajstić information content (AvgIpc) is 3.46. The van der Waals surface area contributed by atoms with Gasteiger partial charge in [-0.2, -0.15) is 0 Å². The Morgan fingerprint density at radius 3 is 2.55 bits per heavy atom. The summed E-state index contributed by atoms with van der Waals surface area (Å²) in [5.74, 6) is -0.0156. The molecular weight excluding hydrogens is 390 g/mol. The van der Waals surface area contributed by atoms with Crippen LogP contribution in [0.15, 0.2) is 48.5 Å². The second kappa shape index (κ2) is 4.93. The number of rotatable bonds is 0. The number of aliphatic hydroxyl groups is 1. The first kappa shape index (κ1) is 16.4. The lowest BCUT2D eigenvalue weighted by Crippen LogP contribution is -2.39. The first-order valence-corrected chi connectivity index (χ1v) is 10.7. The molecule has 3 atom stereocenters. The van der Waals surface area contributed by atoms with Crippen molar-refractivity contribution in [3.8, 4) is 0 Å². The Bertz CT molecular complexity index is 1660. The maximum atomic E-state index is 13.1. The zero-order valence-corrected chi connectivity index (χ0v) is 16.8. The van der Waals surface area contributed by atoms with Crippen LogP contribution in [0.5, 0.6) is 0 Å². The molecule has 31 heavy (non-hydrogen) atoms. The summed E-state index contributed by atoms with van der Waals surface area (Å²) in [6.07, 6.45) is -0.443. The Hall–Kier alpha value is -3.35. The highest BCUT2D eigenvalue weighted by molar-refractivity contribution is 6.31. The van der Waals surface area contributed by atoms with Crippen molar-refractivity contribution in [3.63, 3.8) is 0 Å². The van der Waals surface area contributed by atoms with E-state index >= 15 is 0 Å². The van der Waals surface area contributed by atoms with Crippen LogP contribution in [0.25, 0.3) is 43.6 Å². The number of carbonyl (C=O) groups excluding carboxylic acids is 1. The molecular formula is C25H19N3O3. The summed E-state index contributed by atoms with van der Waals surface area (Å²) in [5.41, 5.74) is 5.07. The Labute approximate surface area is 176 Å². The van der Waals surface area contributed by atoms with Crippen LogP contribution < -0.4 is 5.32 Å². The molecule has 2 bridgehead atoms. The van der Waals surface area contributed by atoms with Crippen molar-refractivity contribution in [2.24, 2.45) is 0 Å². The Morgan fingerprint density at radius 2 is 1.74 bits per heavy atom. The van der Waals surface area contributed by atoms with Crippen molar-refractivity contribution in [1.29, 1.82) is 0 Å². The van der Waals surface area contributed by atoms with Gasteiger partial charge in [0.15, 0.2) is 5.72 Å². The average molecular weight is 409 g/mol. The van der Waals surface area contributed by atoms with Crippen molar-refractivity contribution in [2.45, 2.75) is 37.9 Å². The predicted molar refractivity (Wildman–Crippen MR) is 118 cm³/mol. The van der Waals surface area contributed by atoms with Gasteiger partial charge in [0.2, 0.25) is 0 Å². The minimum absolute atomic E-state index is 0.0156. The maximum Gasteiger partial charge on any atom is 0.252 e. The van der Waals surface area contributed by atoms with E-state index in [1.807, 2.05) is 31.2 Å². The van der Waals surface area contributed by atoms with Crippen LogP contribution >= 0.6 is 0 Å². The fourth-order valence-corrected chi connectivity index (χ4v) is 6.41. The van der Waals surface area contributed by atoms with Crippen LogP contribution in [0, 0.1) is 0 Å². The van der Waals surface area contributed by atoms with E-state index in [9.17, 15) is 9.90 Å². The van der Waals surface area contributed by atoms with Crippen molar-refractivity contribution < 1.29 is 14.6 Å². The third-order valence-corrected chi connectivity index (χ3v) is 7.67. The molecule has 0 radical (unpaired) electrons. The quantitative estimate of drug-likeness (QED) is 0.404. The number of carbonyl (C=O) groups is 1. The van der Waals surface area contributed by atoms with Gasteiger partial charge in [-0.15, -0.1) is 0 Å². The Kier molecular flexibility index (Phi) is 2.60. The third kappa shape index (κ3) is 1.60. The smallest absolute Gasteiger partial charge is 0.252 e. The first-order chi connectivity index (χ1) is 15.1. The second-order valence-electron chi connectivity index (χ2n) is 9.10. The lowest BCUT2D eigenvalue weighted by Gasteiger charge is -2.30. The predicted octanol–water partition coefficient (Wildman–Crippen LogP) is 4.11. The molecule has 2 aromatic heterocycles. The number of nitrogens with zero attached hydrogens (tertiary/aromatic N) is 2. The molecule has 1 amide bonds. The summed E-state index contributed by atoms with van der Waals surface area (Å²) < 4.78 is 11.1. The van der Waals surface area contributed by atoms with Crippen LogP contribution in [0.3, 0.4) is 0 Å². The van der Waals surface area contributed by atoms with E-state index in [0.29, 0.717) is 13.0 Å². The minimum Gasteiger partial charge on any atom is -0.388 e. The molecule has 0 saturated carbocycles. The van der Waals surface area contributed by atoms with Crippen LogP contribution in [0.1, 0.15) is 35.5 Å². The van der Waals surface area contributed by atoms with Gasteiger partial charge in [0.05, 0.1) is 27.6 Å². The van der Waals surface area contributed by atoms with Gasteiger partial charge < -0.3 is 24.3 Å². The van der Waals surface area contributed by atoms with Crippen molar-refractivity contribution >= 4 is 49.5 Å². The minimum atomic E-state index is -0.886. The van der Waals surface area contributed by atoms with E-state index in [1.165, 1.54) is 0 Å². The van der Waals surface area contributed by atoms with Gasteiger partial charge in [0.25, 0.3) is 5.91 Å². The van der Waals surface area contributed by atoms with Crippen LogP contribution in [0.4, 0.5) is 0 Å². The number of nitrogens with one attached hydrogen (secondary N) is 1. The van der Waals surface area contributed by atoms with Crippen molar-refractivity contribution in [3.05, 3.63) is 59.7 Å². The molecule has 0 aliphatic carbocycles. The molecule has 152 valence electrons. The number of hydrogen-bond acceptors (Lipinski definition) is 3. The van der Waals surface area contributed by atoms with Gasteiger partial charge in [0, 0.05) is 34.5 Å². The maximum absolute atomic E-state index is 13.1. The summed E-state index contributed by atoms with van der Waals surface area (Å²) in [6.45, 7) is 2.50. The number of para-hydroxylation sites is 2. The van der Waals surface area contributed by atoms with Crippen molar-refractivity contribution in [2.75, 3.05) is 0 Å². The molecule has 6 nitrogen and oxygen atoms in total. The molecule has 0 unspecified atom stereocenters. The lowest BCUT2D eigenvalue weighted by atomic mass is 9.96. The number of aliphatic hydroxyl groups excluding tert-OH is 1. The molecule has 5 heterocycles. The molecule has 3 aliphatic heterocycles. The molecule has 8 rings (SSSR count). The number of amides is 1. The summed E-state index contributed by atoms with van der Waals surface area (Å²) in [4.78, 5) is 13.1. The summed E-state index contributed by atoms with van der Waals surface area (Å²) in [7, 11) is 0. The summed E-state index contributed by atoms with van der Waals surface area (Å²) in [5, 5.41) is 18.5. The number of fused-ring (bicyclic) bond motifs is 13. The zero-order valence-electron chi connectivity index (χ0n) is 16.8. The van der Waals surface area contributed by atoms with E-state index < -0.39 is 11.8 Å². The highest BCUT2D eigenvalue weighted by Gasteiger charge is 2.51. The van der Waals surface area contributed by atoms with E-state index in [4.69, 9.17) is 4.74 Å². The van der Waals surface area contributed by atoms with Crippen molar-refractivity contribution in [1.82, 2.24) is 14.5 Å². The van der Waals surface area contributed by atoms with Crippen LogP contribution in [0.2, 0.25) is 0 Å². The number of aromatic nitrogens is 2. The van der Waals surface area contributed by atoms with E-state index in [2.05, 4.69) is 38.7 Å². The van der Waals surface area contributed by atoms with Crippen LogP contribution in [-0.4, -0.2) is 26.3 Å². The summed E-state index contributed by atoms with van der Waals surface area (Å²) >= 11 is 0. The largest absolute Gasteiger partial charge is 0.388 e. The van der Waals surface area contributed by atoms with Gasteiger partial charge in [-0.1, -0.05) is 36.4 Å². The fourth-order valence-electron chi connectivity index (χ4n) is 6.41. The fraction of sp³-hybridized carbons (Fsp3) is 0.240. The standard InChI is InChI=1S/C25H19N3O3/c1-25-17(29)10-18(31-25)27-15-8-4-2-6-12(15)20-21-14(11-26-24(21)30)19-13-7-3-5-9-16(13)28(25)23(19)22(20)27/h2-9,17-18,29H,10-11H2,1H3,(H,26,30)/t17-,18-,25+/m0/s1. The van der Waals surface area contributed by atoms with E-state index in [0.717, 1.165) is 54.7 Å². The number of ether oxygens (including phenoxy) is 1. The van der Waals surface area contributed by atoms with Crippen LogP contribution in [-0.2, 0) is 17.0 Å². The second-order valence-corrected chi connectivity index (χ2v) is 9.10. The third-order valence-electron chi connectivity index (χ3n) is 7.67. The highest BCUT2D eigenvalue weighted by atomic mass is 16.6. The van der Waals surface area contributed by atoms with E-state index in [1.54, 1.807) is 0 Å². The van der Waals surface area contributed by atoms with Gasteiger partial charge in [0.1, 0.15) is 12.3 Å². The Balaban J connectivity index is 1.81. The van der Waals surface area contributed by atoms with Gasteiger partial charge in [-0.05, 0) is 24.6 Å². The number of hydrogen-bond donors (Lipinski definition) is 2. The molecule has 5 aromatic rings. The lowest BCUT2D eigenvalue weighted by molar-refractivity contribution is -0.135. The van der Waals surface area contributed by atoms with Gasteiger partial charge in [-0.25, -0.2) is 0 Å². The topological polar surface area (TPSA) is 68.4 Å². The molecule has 3 aliphatic rings. The zero-order chi connectivity index (χ0) is 20.6. The SMILES string of the molecule is C[C@@]12O[C@@H](C[C@@H]1O)n1c3ccccc3c3c4c(c5c6ccccc6n2c5c31)CNC4=O.